The molecule has 0 saturated carbocycles. The van der Waals surface area contributed by atoms with Crippen molar-refractivity contribution in [3.63, 3.8) is 0 Å². The fourth-order valence-corrected chi connectivity index (χ4v) is 1.76. The Kier molecular flexibility index (Phi) is 24.7. The zero-order chi connectivity index (χ0) is 24.7. The molecule has 0 amide bonds. The molecule has 0 fully saturated rings. The maximum absolute atomic E-state index is 10.2. The summed E-state index contributed by atoms with van der Waals surface area (Å²) in [4.78, 5) is 37.5. The molecule has 0 aliphatic rings. The lowest BCUT2D eigenvalue weighted by Crippen LogP contribution is -2.30. The topological polar surface area (TPSA) is 273 Å². The van der Waals surface area contributed by atoms with Gasteiger partial charge in [0, 0.05) is 19.5 Å². The zero-order valence-corrected chi connectivity index (χ0v) is 18.3. The van der Waals surface area contributed by atoms with Gasteiger partial charge in [-0.15, -0.1) is 0 Å². The molecule has 182 valence electrons. The Balaban J connectivity index is -0.000000394. The second-order valence-electron chi connectivity index (χ2n) is 6.45. The molecular formula is C18H40N8O5. The summed E-state index contributed by atoms with van der Waals surface area (Å²) in [5.41, 5.74) is 30.6. The minimum absolute atomic E-state index is 0.0129. The highest BCUT2D eigenvalue weighted by Gasteiger charge is 2.10. The third-order valence-corrected chi connectivity index (χ3v) is 3.50. The van der Waals surface area contributed by atoms with Crippen LogP contribution in [-0.4, -0.2) is 65.5 Å². The van der Waals surface area contributed by atoms with Gasteiger partial charge in [0.2, 0.25) is 0 Å². The van der Waals surface area contributed by atoms with E-state index in [1.54, 1.807) is 0 Å². The quantitative estimate of drug-likeness (QED) is 0.0666. The van der Waals surface area contributed by atoms with Crippen LogP contribution in [0.3, 0.4) is 0 Å². The summed E-state index contributed by atoms with van der Waals surface area (Å²) in [5, 5.41) is 16.8. The second kappa shape index (κ2) is 23.3. The van der Waals surface area contributed by atoms with Gasteiger partial charge in [0.15, 0.2) is 11.9 Å². The SMILES string of the molecule is CCCCCC=O.NC(N)=NCCC[C@H](N)C(=O)O.NC(N)=NCCC[C@H](N)C(=O)O. The van der Waals surface area contributed by atoms with E-state index in [2.05, 4.69) is 16.9 Å². The summed E-state index contributed by atoms with van der Waals surface area (Å²) in [5.74, 6) is -1.97. The Morgan fingerprint density at radius 2 is 1.19 bits per heavy atom. The third-order valence-electron chi connectivity index (χ3n) is 3.50. The fraction of sp³-hybridized carbons (Fsp3) is 0.722. The summed E-state index contributed by atoms with van der Waals surface area (Å²) in [6.07, 6.45) is 7.10. The first kappa shape index (κ1) is 32.7. The largest absolute Gasteiger partial charge is 0.480 e. The maximum Gasteiger partial charge on any atom is 0.320 e. The standard InChI is InChI=1S/2C6H14N4O2.C6H12O/c2*7-4(5(11)12)2-1-3-10-6(8)9;1-2-3-4-5-6-7/h2*4H,1-3,7H2,(H,11,12)(H4,8,9,10);6H,2-5H2,1H3/t2*4-;/m00./s1. The monoisotopic (exact) mass is 448 g/mol. The van der Waals surface area contributed by atoms with Crippen molar-refractivity contribution in [1.29, 1.82) is 0 Å². The summed E-state index contributed by atoms with van der Waals surface area (Å²) in [6, 6.07) is -1.64. The molecule has 2 atom stereocenters. The molecule has 0 aliphatic heterocycles. The maximum atomic E-state index is 10.2. The highest BCUT2D eigenvalue weighted by molar-refractivity contribution is 5.76. The van der Waals surface area contributed by atoms with E-state index in [9.17, 15) is 14.4 Å². The number of hydrogen-bond donors (Lipinski definition) is 8. The van der Waals surface area contributed by atoms with Gasteiger partial charge >= 0.3 is 11.9 Å². The molecule has 0 aromatic rings. The molecule has 0 aliphatic carbocycles. The molecule has 31 heavy (non-hydrogen) atoms. The van der Waals surface area contributed by atoms with Crippen molar-refractivity contribution >= 4 is 30.1 Å². The molecule has 0 spiro atoms. The summed E-state index contributed by atoms with van der Waals surface area (Å²) < 4.78 is 0. The Labute approximate surface area is 183 Å². The number of carbonyl (C=O) groups excluding carboxylic acids is 1. The van der Waals surface area contributed by atoms with Crippen LogP contribution in [0.2, 0.25) is 0 Å². The number of hydrogen-bond acceptors (Lipinski definition) is 7. The van der Waals surface area contributed by atoms with Gasteiger partial charge in [-0.3, -0.25) is 19.6 Å². The molecule has 0 radical (unpaired) electrons. The fourth-order valence-electron chi connectivity index (χ4n) is 1.76. The summed E-state index contributed by atoms with van der Waals surface area (Å²) in [7, 11) is 0. The van der Waals surface area contributed by atoms with Crippen molar-refractivity contribution in [2.75, 3.05) is 13.1 Å². The van der Waals surface area contributed by atoms with E-state index in [1.807, 2.05) is 0 Å². The lowest BCUT2D eigenvalue weighted by molar-refractivity contribution is -0.139. The number of aliphatic imine (C=N–C) groups is 2. The number of nitrogens with zero attached hydrogens (tertiary/aromatic N) is 2. The molecule has 13 heteroatoms. The Hall–Kier alpha value is -2.93. The zero-order valence-electron chi connectivity index (χ0n) is 18.3. The van der Waals surface area contributed by atoms with Gasteiger partial charge in [0.1, 0.15) is 18.4 Å². The predicted molar refractivity (Wildman–Crippen MR) is 121 cm³/mol. The lowest BCUT2D eigenvalue weighted by atomic mass is 10.2. The van der Waals surface area contributed by atoms with Gasteiger partial charge in [-0.25, -0.2) is 0 Å². The van der Waals surface area contributed by atoms with Crippen LogP contribution in [-0.2, 0) is 14.4 Å². The van der Waals surface area contributed by atoms with Gasteiger partial charge in [-0.05, 0) is 32.1 Å². The number of rotatable bonds is 14. The number of unbranched alkanes of at least 4 members (excludes halogenated alkanes) is 3. The van der Waals surface area contributed by atoms with E-state index in [0.29, 0.717) is 38.8 Å². The average Bonchev–Trinajstić information content (AvgIpc) is 2.69. The smallest absolute Gasteiger partial charge is 0.320 e. The number of carbonyl (C=O) groups is 3. The summed E-state index contributed by atoms with van der Waals surface area (Å²) >= 11 is 0. The van der Waals surface area contributed by atoms with Crippen molar-refractivity contribution < 1.29 is 24.6 Å². The Morgan fingerprint density at radius 1 is 0.806 bits per heavy atom. The van der Waals surface area contributed by atoms with E-state index in [0.717, 1.165) is 19.1 Å². The van der Waals surface area contributed by atoms with Gasteiger partial charge in [0.05, 0.1) is 0 Å². The molecule has 0 heterocycles. The molecule has 0 rings (SSSR count). The lowest BCUT2D eigenvalue weighted by Gasteiger charge is -2.03. The van der Waals surface area contributed by atoms with Crippen LogP contribution in [0.25, 0.3) is 0 Å². The number of carboxylic acids is 2. The van der Waals surface area contributed by atoms with Gasteiger partial charge in [0.25, 0.3) is 0 Å². The first-order chi connectivity index (χ1) is 14.5. The molecule has 13 nitrogen and oxygen atoms in total. The number of carboxylic acid groups (broad SMARTS) is 2. The van der Waals surface area contributed by atoms with E-state index in [4.69, 9.17) is 44.6 Å². The number of aldehydes is 1. The van der Waals surface area contributed by atoms with Crippen LogP contribution in [0.4, 0.5) is 0 Å². The number of guanidine groups is 2. The van der Waals surface area contributed by atoms with Crippen molar-refractivity contribution in [2.24, 2.45) is 44.4 Å². The van der Waals surface area contributed by atoms with Crippen molar-refractivity contribution in [1.82, 2.24) is 0 Å². The molecule has 0 saturated heterocycles. The Morgan fingerprint density at radius 3 is 1.45 bits per heavy atom. The minimum Gasteiger partial charge on any atom is -0.480 e. The number of aliphatic carboxylic acids is 2. The number of nitrogens with two attached hydrogens (primary N) is 6. The minimum atomic E-state index is -1.00. The van der Waals surface area contributed by atoms with Crippen LogP contribution in [0.15, 0.2) is 9.98 Å². The van der Waals surface area contributed by atoms with Crippen LogP contribution in [0, 0.1) is 0 Å². The van der Waals surface area contributed by atoms with Gasteiger partial charge < -0.3 is 49.4 Å². The normalized spacial score (nSPS) is 11.3. The molecule has 0 aromatic carbocycles. The third kappa shape index (κ3) is 32.0. The van der Waals surface area contributed by atoms with Crippen LogP contribution >= 0.6 is 0 Å². The highest BCUT2D eigenvalue weighted by Crippen LogP contribution is 1.95. The molecule has 14 N–H and O–H groups in total. The van der Waals surface area contributed by atoms with Gasteiger partial charge in [-0.1, -0.05) is 19.8 Å². The van der Waals surface area contributed by atoms with Crippen LogP contribution in [0.5, 0.6) is 0 Å². The van der Waals surface area contributed by atoms with E-state index in [-0.39, 0.29) is 11.9 Å². The van der Waals surface area contributed by atoms with E-state index in [1.165, 1.54) is 12.8 Å². The summed E-state index contributed by atoms with van der Waals surface area (Å²) in [6.45, 7) is 2.97. The van der Waals surface area contributed by atoms with E-state index >= 15 is 0 Å². The van der Waals surface area contributed by atoms with Crippen LogP contribution < -0.4 is 34.4 Å². The highest BCUT2D eigenvalue weighted by atomic mass is 16.4. The van der Waals surface area contributed by atoms with Crippen LogP contribution in [0.1, 0.15) is 58.3 Å². The molecular weight excluding hydrogens is 408 g/mol. The van der Waals surface area contributed by atoms with Crippen molar-refractivity contribution in [2.45, 2.75) is 70.4 Å². The predicted octanol–water partition coefficient (Wildman–Crippen LogP) is -1.33. The van der Waals surface area contributed by atoms with Crippen molar-refractivity contribution in [3.05, 3.63) is 0 Å². The average molecular weight is 449 g/mol. The first-order valence-electron chi connectivity index (χ1n) is 10.0. The molecule has 0 aromatic heterocycles. The second-order valence-corrected chi connectivity index (χ2v) is 6.45. The molecule has 0 unspecified atom stereocenters. The van der Waals surface area contributed by atoms with E-state index < -0.39 is 24.0 Å². The first-order valence-corrected chi connectivity index (χ1v) is 10.0. The van der Waals surface area contributed by atoms with Crippen molar-refractivity contribution in [3.8, 4) is 0 Å². The van der Waals surface area contributed by atoms with Gasteiger partial charge in [-0.2, -0.15) is 0 Å². The Bertz CT molecular complexity index is 495. The molecule has 0 bridgehead atoms.